The van der Waals surface area contributed by atoms with Crippen LogP contribution in [-0.4, -0.2) is 13.7 Å². The lowest BCUT2D eigenvalue weighted by atomic mass is 10.1. The van der Waals surface area contributed by atoms with Crippen LogP contribution in [-0.2, 0) is 0 Å². The van der Waals surface area contributed by atoms with E-state index in [0.29, 0.717) is 0 Å². The van der Waals surface area contributed by atoms with E-state index in [1.54, 1.807) is 0 Å². The van der Waals surface area contributed by atoms with Crippen molar-refractivity contribution in [3.63, 3.8) is 0 Å². The molecular formula is C44H29N3. The van der Waals surface area contributed by atoms with Crippen molar-refractivity contribution in [3.05, 3.63) is 176 Å². The molecule has 0 aliphatic rings. The second kappa shape index (κ2) is 10.1. The van der Waals surface area contributed by atoms with Gasteiger partial charge in [-0.1, -0.05) is 121 Å². The number of aromatic nitrogens is 3. The molecule has 0 fully saturated rings. The minimum Gasteiger partial charge on any atom is -0.309 e. The number of hydrogen-bond acceptors (Lipinski definition) is 0. The van der Waals surface area contributed by atoms with Crippen LogP contribution in [0.2, 0.25) is 0 Å². The van der Waals surface area contributed by atoms with Crippen molar-refractivity contribution in [1.29, 1.82) is 0 Å². The van der Waals surface area contributed by atoms with Crippen molar-refractivity contribution in [2.45, 2.75) is 0 Å². The molecule has 3 nitrogen and oxygen atoms in total. The Kier molecular flexibility index (Phi) is 5.57. The fraction of sp³-hybridized carbons (Fsp3) is 0. The van der Waals surface area contributed by atoms with Crippen molar-refractivity contribution in [3.8, 4) is 28.3 Å². The average Bonchev–Trinajstić information content (AvgIpc) is 3.80. The van der Waals surface area contributed by atoms with Gasteiger partial charge in [-0.3, -0.25) is 0 Å². The van der Waals surface area contributed by atoms with Crippen LogP contribution in [0.1, 0.15) is 0 Å². The molecule has 47 heavy (non-hydrogen) atoms. The van der Waals surface area contributed by atoms with Gasteiger partial charge in [0.2, 0.25) is 0 Å². The quantitative estimate of drug-likeness (QED) is 0.191. The summed E-state index contributed by atoms with van der Waals surface area (Å²) in [6.45, 7) is 0. The average molecular weight is 600 g/mol. The zero-order valence-electron chi connectivity index (χ0n) is 25.6. The summed E-state index contributed by atoms with van der Waals surface area (Å²) in [5.41, 5.74) is 11.8. The zero-order chi connectivity index (χ0) is 30.9. The molecule has 0 aliphatic carbocycles. The molecule has 3 aromatic heterocycles. The molecule has 0 atom stereocenters. The van der Waals surface area contributed by atoms with E-state index in [1.165, 1.54) is 65.8 Å². The summed E-state index contributed by atoms with van der Waals surface area (Å²) < 4.78 is 7.32. The topological polar surface area (TPSA) is 14.8 Å². The van der Waals surface area contributed by atoms with Crippen molar-refractivity contribution >= 4 is 54.5 Å². The minimum atomic E-state index is 1.13. The Labute approximate surface area is 271 Å². The number of fused-ring (bicyclic) bond motifs is 8. The lowest BCUT2D eigenvalue weighted by Crippen LogP contribution is -2.01. The Balaban J connectivity index is 1.33. The van der Waals surface area contributed by atoms with Crippen molar-refractivity contribution < 1.29 is 0 Å². The Bertz CT molecular complexity index is 2720. The van der Waals surface area contributed by atoms with Gasteiger partial charge in [0, 0.05) is 44.0 Å². The Morgan fingerprint density at radius 1 is 0.298 bits per heavy atom. The van der Waals surface area contributed by atoms with Gasteiger partial charge in [0.1, 0.15) is 0 Å². The fourth-order valence-corrected chi connectivity index (χ4v) is 7.65. The predicted molar refractivity (Wildman–Crippen MR) is 197 cm³/mol. The smallest absolute Gasteiger partial charge is 0.0788 e. The van der Waals surface area contributed by atoms with Gasteiger partial charge >= 0.3 is 0 Å². The monoisotopic (exact) mass is 599 g/mol. The van der Waals surface area contributed by atoms with E-state index in [1.807, 2.05) is 0 Å². The summed E-state index contributed by atoms with van der Waals surface area (Å²) >= 11 is 0. The van der Waals surface area contributed by atoms with Crippen LogP contribution in [0.3, 0.4) is 0 Å². The van der Waals surface area contributed by atoms with Crippen LogP contribution in [0.5, 0.6) is 0 Å². The summed E-state index contributed by atoms with van der Waals surface area (Å²) in [7, 11) is 0. The van der Waals surface area contributed by atoms with Crippen molar-refractivity contribution in [1.82, 2.24) is 13.7 Å². The first-order chi connectivity index (χ1) is 23.3. The molecule has 0 saturated heterocycles. The molecule has 0 spiro atoms. The molecule has 7 aromatic carbocycles. The Morgan fingerprint density at radius 2 is 0.809 bits per heavy atom. The Hall–Kier alpha value is -6.32. The molecule has 3 heteroatoms. The van der Waals surface area contributed by atoms with Gasteiger partial charge < -0.3 is 13.7 Å². The van der Waals surface area contributed by atoms with Gasteiger partial charge in [0.15, 0.2) is 0 Å². The normalized spacial score (nSPS) is 11.8. The molecule has 0 amide bonds. The molecule has 0 radical (unpaired) electrons. The van der Waals surface area contributed by atoms with Crippen molar-refractivity contribution in [2.75, 3.05) is 0 Å². The molecule has 0 N–H and O–H groups in total. The minimum absolute atomic E-state index is 1.13. The van der Waals surface area contributed by atoms with Gasteiger partial charge in [0.25, 0.3) is 0 Å². The summed E-state index contributed by atoms with van der Waals surface area (Å²) in [5, 5.41) is 6.23. The largest absolute Gasteiger partial charge is 0.309 e. The highest BCUT2D eigenvalue weighted by Crippen LogP contribution is 2.41. The van der Waals surface area contributed by atoms with Gasteiger partial charge in [-0.2, -0.15) is 0 Å². The third-order valence-corrected chi connectivity index (χ3v) is 9.61. The first-order valence-corrected chi connectivity index (χ1v) is 16.1. The zero-order valence-corrected chi connectivity index (χ0v) is 25.6. The molecule has 0 unspecified atom stereocenters. The molecule has 0 saturated carbocycles. The highest BCUT2D eigenvalue weighted by molar-refractivity contribution is 6.19. The maximum atomic E-state index is 2.47. The predicted octanol–water partition coefficient (Wildman–Crippen LogP) is 11.5. The van der Waals surface area contributed by atoms with E-state index in [9.17, 15) is 0 Å². The van der Waals surface area contributed by atoms with Crippen LogP contribution >= 0.6 is 0 Å². The van der Waals surface area contributed by atoms with Crippen LogP contribution in [0.15, 0.2) is 176 Å². The number of rotatable bonds is 4. The van der Waals surface area contributed by atoms with Crippen LogP contribution in [0.25, 0.3) is 82.8 Å². The standard InChI is InChI=1S/C44H29N3/c1-3-14-30(15-4-1)42-28-31-26-27-38-37-22-9-12-25-41(37)47(44(38)43(31)46(42)32-16-5-2-6-17-32)34-19-13-18-33(29-34)45-39-23-10-7-20-35(39)36-21-8-11-24-40(36)45/h1-29H. The number of para-hydroxylation sites is 4. The van der Waals surface area contributed by atoms with E-state index in [-0.39, 0.29) is 0 Å². The van der Waals surface area contributed by atoms with Crippen LogP contribution in [0, 0.1) is 0 Å². The molecule has 220 valence electrons. The number of hydrogen-bond donors (Lipinski definition) is 0. The van der Waals surface area contributed by atoms with E-state index in [0.717, 1.165) is 17.1 Å². The lowest BCUT2D eigenvalue weighted by Gasteiger charge is -2.15. The second-order valence-electron chi connectivity index (χ2n) is 12.2. The van der Waals surface area contributed by atoms with E-state index in [2.05, 4.69) is 190 Å². The summed E-state index contributed by atoms with van der Waals surface area (Å²) in [5.74, 6) is 0. The van der Waals surface area contributed by atoms with E-state index < -0.39 is 0 Å². The molecule has 0 aliphatic heterocycles. The highest BCUT2D eigenvalue weighted by atomic mass is 15.1. The van der Waals surface area contributed by atoms with Gasteiger partial charge in [-0.05, 0) is 60.2 Å². The van der Waals surface area contributed by atoms with Gasteiger partial charge in [-0.25, -0.2) is 0 Å². The van der Waals surface area contributed by atoms with Gasteiger partial charge in [-0.15, -0.1) is 0 Å². The van der Waals surface area contributed by atoms with E-state index >= 15 is 0 Å². The maximum Gasteiger partial charge on any atom is 0.0788 e. The summed E-state index contributed by atoms with van der Waals surface area (Å²) in [6.07, 6.45) is 0. The number of benzene rings is 7. The Morgan fingerprint density at radius 3 is 1.47 bits per heavy atom. The summed E-state index contributed by atoms with van der Waals surface area (Å²) in [6, 6.07) is 63.7. The summed E-state index contributed by atoms with van der Waals surface area (Å²) in [4.78, 5) is 0. The van der Waals surface area contributed by atoms with Crippen LogP contribution in [0.4, 0.5) is 0 Å². The second-order valence-corrected chi connectivity index (χ2v) is 12.2. The first kappa shape index (κ1) is 26.0. The SMILES string of the molecule is c1ccc(-c2cc3ccc4c5ccccc5n(-c5cccc(-n6c7ccccc7c7ccccc76)c5)c4c3n2-c2ccccc2)cc1. The molecule has 0 bridgehead atoms. The lowest BCUT2D eigenvalue weighted by molar-refractivity contribution is 1.11. The highest BCUT2D eigenvalue weighted by Gasteiger charge is 2.21. The van der Waals surface area contributed by atoms with Crippen molar-refractivity contribution in [2.24, 2.45) is 0 Å². The fourth-order valence-electron chi connectivity index (χ4n) is 7.65. The molecule has 10 aromatic rings. The molecular weight excluding hydrogens is 571 g/mol. The van der Waals surface area contributed by atoms with Crippen LogP contribution < -0.4 is 0 Å². The first-order valence-electron chi connectivity index (χ1n) is 16.1. The molecule has 3 heterocycles. The molecule has 10 rings (SSSR count). The van der Waals surface area contributed by atoms with E-state index in [4.69, 9.17) is 0 Å². The maximum absolute atomic E-state index is 2.47. The van der Waals surface area contributed by atoms with Gasteiger partial charge in [0.05, 0.1) is 33.3 Å². The number of nitrogens with zero attached hydrogens (tertiary/aromatic N) is 3. The third-order valence-electron chi connectivity index (χ3n) is 9.61. The third kappa shape index (κ3) is 3.81.